The molecule has 0 aromatic heterocycles. The third-order valence-electron chi connectivity index (χ3n) is 3.88. The van der Waals surface area contributed by atoms with E-state index in [4.69, 9.17) is 11.2 Å². The van der Waals surface area contributed by atoms with Gasteiger partial charge < -0.3 is 10.1 Å². The van der Waals surface area contributed by atoms with Crippen molar-refractivity contribution >= 4 is 6.09 Å². The quantitative estimate of drug-likeness (QED) is 0.736. The highest BCUT2D eigenvalue weighted by atomic mass is 16.6. The highest BCUT2D eigenvalue weighted by molar-refractivity contribution is 5.67. The predicted octanol–water partition coefficient (Wildman–Crippen LogP) is 1.36. The Bertz CT molecular complexity index is 323. The van der Waals surface area contributed by atoms with Gasteiger partial charge in [-0.3, -0.25) is 4.90 Å². The molecule has 0 bridgehead atoms. The lowest BCUT2D eigenvalue weighted by molar-refractivity contribution is -0.0637. The van der Waals surface area contributed by atoms with Gasteiger partial charge in [-0.2, -0.15) is 0 Å². The van der Waals surface area contributed by atoms with Gasteiger partial charge in [0.15, 0.2) is 0 Å². The first-order valence-corrected chi connectivity index (χ1v) is 6.31. The summed E-state index contributed by atoms with van der Waals surface area (Å²) in [6.45, 7) is 1.55. The third kappa shape index (κ3) is 2.39. The molecule has 1 saturated heterocycles. The third-order valence-corrected chi connectivity index (χ3v) is 3.88. The lowest BCUT2D eigenvalue weighted by atomic mass is 9.79. The first-order valence-electron chi connectivity index (χ1n) is 6.31. The first kappa shape index (κ1) is 12.3. The number of nitrogens with one attached hydrogen (secondary N) is 1. The van der Waals surface area contributed by atoms with E-state index in [9.17, 15) is 4.79 Å². The van der Waals surface area contributed by atoms with Gasteiger partial charge in [0.2, 0.25) is 0 Å². The van der Waals surface area contributed by atoms with E-state index >= 15 is 0 Å². The number of alkyl carbamates (subject to hydrolysis) is 1. The summed E-state index contributed by atoms with van der Waals surface area (Å²) in [5, 5.41) is 2.46. The molecule has 0 aromatic carbocycles. The Kier molecular flexibility index (Phi) is 3.58. The zero-order chi connectivity index (χ0) is 12.3. The first-order chi connectivity index (χ1) is 8.20. The summed E-state index contributed by atoms with van der Waals surface area (Å²) in [4.78, 5) is 13.3. The van der Waals surface area contributed by atoms with Crippen molar-refractivity contribution in [2.75, 3.05) is 20.1 Å². The fourth-order valence-corrected chi connectivity index (χ4v) is 2.76. The molecular formula is C13H20N2O2. The highest BCUT2D eigenvalue weighted by Crippen LogP contribution is 2.36. The van der Waals surface area contributed by atoms with Gasteiger partial charge in [-0.15, -0.1) is 6.42 Å². The number of rotatable bonds is 2. The van der Waals surface area contributed by atoms with Crippen molar-refractivity contribution in [1.29, 1.82) is 0 Å². The minimum absolute atomic E-state index is 0.00195. The van der Waals surface area contributed by atoms with Crippen LogP contribution in [-0.2, 0) is 4.74 Å². The Hall–Kier alpha value is -1.21. The summed E-state index contributed by atoms with van der Waals surface area (Å²) in [5.41, 5.74) is -0.0686. The molecule has 4 heteroatoms. The van der Waals surface area contributed by atoms with Gasteiger partial charge in [0, 0.05) is 20.1 Å². The number of hydrogen-bond acceptors (Lipinski definition) is 3. The van der Waals surface area contributed by atoms with Crippen LogP contribution in [0, 0.1) is 12.3 Å². The van der Waals surface area contributed by atoms with E-state index in [0.717, 1.165) is 25.9 Å². The highest BCUT2D eigenvalue weighted by Gasteiger charge is 2.44. The monoisotopic (exact) mass is 236 g/mol. The molecule has 4 nitrogen and oxygen atoms in total. The maximum atomic E-state index is 11.1. The molecule has 1 heterocycles. The van der Waals surface area contributed by atoms with Crippen molar-refractivity contribution in [2.45, 2.75) is 43.7 Å². The van der Waals surface area contributed by atoms with Gasteiger partial charge in [-0.1, -0.05) is 25.2 Å². The molecule has 1 N–H and O–H groups in total. The summed E-state index contributed by atoms with van der Waals surface area (Å²) < 4.78 is 5.19. The second kappa shape index (κ2) is 4.97. The van der Waals surface area contributed by atoms with Crippen LogP contribution >= 0.6 is 0 Å². The molecule has 1 aliphatic carbocycles. The molecular weight excluding hydrogens is 216 g/mol. The van der Waals surface area contributed by atoms with Gasteiger partial charge in [-0.25, -0.2) is 4.79 Å². The summed E-state index contributed by atoms with van der Waals surface area (Å²) in [6.07, 6.45) is 11.2. The maximum absolute atomic E-state index is 11.1. The van der Waals surface area contributed by atoms with E-state index in [0.29, 0.717) is 0 Å². The van der Waals surface area contributed by atoms with Crippen LogP contribution < -0.4 is 5.32 Å². The molecule has 1 aliphatic heterocycles. The summed E-state index contributed by atoms with van der Waals surface area (Å²) in [7, 11) is 1.57. The van der Waals surface area contributed by atoms with Crippen molar-refractivity contribution in [3.05, 3.63) is 0 Å². The minimum atomic E-state index is -0.354. The zero-order valence-electron chi connectivity index (χ0n) is 10.4. The van der Waals surface area contributed by atoms with Crippen LogP contribution in [0.25, 0.3) is 0 Å². The molecule has 17 heavy (non-hydrogen) atoms. The Balaban J connectivity index is 1.85. The van der Waals surface area contributed by atoms with E-state index in [2.05, 4.69) is 16.1 Å². The maximum Gasteiger partial charge on any atom is 0.407 e. The van der Waals surface area contributed by atoms with Crippen molar-refractivity contribution < 1.29 is 9.53 Å². The summed E-state index contributed by atoms with van der Waals surface area (Å²) in [5.74, 6) is 2.98. The SMILES string of the molecule is C#CC1(N2CC(OC(=O)NC)C2)CCCCC1. The fourth-order valence-electron chi connectivity index (χ4n) is 2.76. The topological polar surface area (TPSA) is 41.6 Å². The number of hydrogen-bond donors (Lipinski definition) is 1. The number of carbonyl (C=O) groups excluding carboxylic acids is 1. The molecule has 0 aromatic rings. The molecule has 0 unspecified atom stereocenters. The van der Waals surface area contributed by atoms with Crippen LogP contribution in [0.15, 0.2) is 0 Å². The molecule has 1 saturated carbocycles. The minimum Gasteiger partial charge on any atom is -0.444 e. The average Bonchev–Trinajstić information content (AvgIpc) is 2.33. The smallest absolute Gasteiger partial charge is 0.407 e. The Labute approximate surface area is 103 Å². The van der Waals surface area contributed by atoms with Crippen LogP contribution in [-0.4, -0.2) is 42.8 Å². The zero-order valence-corrected chi connectivity index (χ0v) is 10.4. The lowest BCUT2D eigenvalue weighted by Gasteiger charge is -2.50. The molecule has 0 spiro atoms. The number of ether oxygens (including phenoxy) is 1. The van der Waals surface area contributed by atoms with Crippen LogP contribution in [0.2, 0.25) is 0 Å². The van der Waals surface area contributed by atoms with Crippen molar-refractivity contribution in [3.63, 3.8) is 0 Å². The number of amides is 1. The van der Waals surface area contributed by atoms with E-state index in [-0.39, 0.29) is 17.7 Å². The van der Waals surface area contributed by atoms with Crippen LogP contribution in [0.4, 0.5) is 4.79 Å². The normalized spacial score (nSPS) is 24.5. The molecule has 0 radical (unpaired) electrons. The number of carbonyl (C=O) groups is 1. The molecule has 0 atom stereocenters. The van der Waals surface area contributed by atoms with Gasteiger partial charge in [0.05, 0.1) is 5.54 Å². The van der Waals surface area contributed by atoms with Gasteiger partial charge in [-0.05, 0) is 12.8 Å². The molecule has 2 aliphatic rings. The average molecular weight is 236 g/mol. The van der Waals surface area contributed by atoms with Gasteiger partial charge in [0.1, 0.15) is 6.10 Å². The molecule has 2 fully saturated rings. The Morgan fingerprint density at radius 1 is 1.41 bits per heavy atom. The second-order valence-corrected chi connectivity index (χ2v) is 4.92. The number of terminal acetylenes is 1. The standard InChI is InChI=1S/C13H20N2O2/c1-3-13(7-5-4-6-8-13)15-9-11(10-15)17-12(16)14-2/h1,11H,4-10H2,2H3,(H,14,16). The van der Waals surface area contributed by atoms with Crippen LogP contribution in [0.5, 0.6) is 0 Å². The van der Waals surface area contributed by atoms with E-state index in [1.165, 1.54) is 19.3 Å². The van der Waals surface area contributed by atoms with Crippen molar-refractivity contribution in [3.8, 4) is 12.3 Å². The number of nitrogens with zero attached hydrogens (tertiary/aromatic N) is 1. The van der Waals surface area contributed by atoms with Crippen molar-refractivity contribution in [2.24, 2.45) is 0 Å². The second-order valence-electron chi connectivity index (χ2n) is 4.92. The van der Waals surface area contributed by atoms with E-state index in [1.54, 1.807) is 7.05 Å². The summed E-state index contributed by atoms with van der Waals surface area (Å²) in [6, 6.07) is 0. The molecule has 2 rings (SSSR count). The van der Waals surface area contributed by atoms with Gasteiger partial charge in [0.25, 0.3) is 0 Å². The predicted molar refractivity (Wildman–Crippen MR) is 65.6 cm³/mol. The van der Waals surface area contributed by atoms with Gasteiger partial charge >= 0.3 is 6.09 Å². The largest absolute Gasteiger partial charge is 0.444 e. The molecule has 94 valence electrons. The van der Waals surface area contributed by atoms with Crippen LogP contribution in [0.1, 0.15) is 32.1 Å². The fraction of sp³-hybridized carbons (Fsp3) is 0.769. The van der Waals surface area contributed by atoms with Crippen molar-refractivity contribution in [1.82, 2.24) is 10.2 Å². The van der Waals surface area contributed by atoms with Crippen LogP contribution in [0.3, 0.4) is 0 Å². The lowest BCUT2D eigenvalue weighted by Crippen LogP contribution is -2.63. The number of likely N-dealkylation sites (tertiary alicyclic amines) is 1. The van der Waals surface area contributed by atoms with E-state index in [1.807, 2.05) is 0 Å². The summed E-state index contributed by atoms with van der Waals surface area (Å²) >= 11 is 0. The Morgan fingerprint density at radius 2 is 2.06 bits per heavy atom. The van der Waals surface area contributed by atoms with E-state index < -0.39 is 0 Å². The Morgan fingerprint density at radius 3 is 2.59 bits per heavy atom. The molecule has 1 amide bonds.